The number of benzene rings is 1. The van der Waals surface area contributed by atoms with Gasteiger partial charge in [-0.2, -0.15) is 0 Å². The van der Waals surface area contributed by atoms with Crippen LogP contribution in [0.2, 0.25) is 0 Å². The van der Waals surface area contributed by atoms with Gasteiger partial charge in [0, 0.05) is 18.5 Å². The van der Waals surface area contributed by atoms with Gasteiger partial charge in [-0.25, -0.2) is 13.1 Å². The van der Waals surface area contributed by atoms with Crippen LogP contribution in [0.1, 0.15) is 17.5 Å². The molecule has 5 N–H and O–H groups in total. The first kappa shape index (κ1) is 15.5. The Morgan fingerprint density at radius 3 is 2.58 bits per heavy atom. The highest BCUT2D eigenvalue weighted by atomic mass is 32.2. The second-order valence-corrected chi connectivity index (χ2v) is 6.18. The van der Waals surface area contributed by atoms with Gasteiger partial charge in [0.25, 0.3) is 0 Å². The number of hydrogen-bond acceptors (Lipinski definition) is 4. The topological polar surface area (TPSA) is 115 Å². The van der Waals surface area contributed by atoms with E-state index >= 15 is 0 Å². The van der Waals surface area contributed by atoms with Gasteiger partial charge in [-0.1, -0.05) is 30.4 Å². The fourth-order valence-electron chi connectivity index (χ4n) is 1.41. The Morgan fingerprint density at radius 1 is 1.32 bits per heavy atom. The maximum absolute atomic E-state index is 11.7. The van der Waals surface area contributed by atoms with E-state index in [0.29, 0.717) is 11.1 Å². The summed E-state index contributed by atoms with van der Waals surface area (Å²) in [5.74, 6) is -0.763. The average molecular weight is 301 g/mol. The van der Waals surface area contributed by atoms with Gasteiger partial charge < -0.3 is 11.5 Å². The highest BCUT2D eigenvalue weighted by Gasteiger charge is 2.12. The smallest absolute Gasteiger partial charge is 0.218 e. The van der Waals surface area contributed by atoms with Crippen LogP contribution < -0.4 is 16.2 Å². The van der Waals surface area contributed by atoms with E-state index < -0.39 is 15.9 Å². The van der Waals surface area contributed by atoms with Gasteiger partial charge in [0.15, 0.2) is 0 Å². The van der Waals surface area contributed by atoms with Crippen molar-refractivity contribution < 1.29 is 13.2 Å². The van der Waals surface area contributed by atoms with Crippen molar-refractivity contribution in [2.75, 3.05) is 6.54 Å². The third-order valence-electron chi connectivity index (χ3n) is 2.26. The molecule has 0 aliphatic rings. The molecule has 6 nitrogen and oxygen atoms in total. The number of rotatable bonds is 7. The molecule has 0 atom stereocenters. The lowest BCUT2D eigenvalue weighted by Gasteiger charge is -2.07. The molecule has 8 heteroatoms. The molecular weight excluding hydrogens is 286 g/mol. The highest BCUT2D eigenvalue weighted by Crippen LogP contribution is 2.08. The van der Waals surface area contributed by atoms with Crippen molar-refractivity contribution in [3.63, 3.8) is 0 Å². The predicted molar refractivity (Wildman–Crippen MR) is 76.8 cm³/mol. The monoisotopic (exact) mass is 301 g/mol. The van der Waals surface area contributed by atoms with Crippen LogP contribution in [0.4, 0.5) is 0 Å². The molecule has 0 radical (unpaired) electrons. The zero-order chi connectivity index (χ0) is 14.5. The second-order valence-electron chi connectivity index (χ2n) is 3.93. The first-order chi connectivity index (χ1) is 8.80. The standard InChI is InChI=1S/C11H15N3O3S2/c12-10(15)4-5-14-19(16,17)7-8-2-1-3-9(6-8)11(13)18/h1-3,6,14H,4-5,7H2,(H2,12,15)(H2,13,18). The molecule has 0 fully saturated rings. The summed E-state index contributed by atoms with van der Waals surface area (Å²) in [5, 5.41) is 0. The number of carbonyl (C=O) groups excluding carboxylic acids is 1. The second kappa shape index (κ2) is 6.60. The number of primary amides is 1. The van der Waals surface area contributed by atoms with Gasteiger partial charge in [0.1, 0.15) is 4.99 Å². The molecule has 19 heavy (non-hydrogen) atoms. The Hall–Kier alpha value is -1.51. The minimum Gasteiger partial charge on any atom is -0.389 e. The van der Waals surface area contributed by atoms with E-state index in [0.717, 1.165) is 0 Å². The molecule has 1 amide bonds. The van der Waals surface area contributed by atoms with Gasteiger partial charge in [0.05, 0.1) is 5.75 Å². The fraction of sp³-hybridized carbons (Fsp3) is 0.273. The first-order valence-electron chi connectivity index (χ1n) is 5.44. The maximum Gasteiger partial charge on any atom is 0.218 e. The third-order valence-corrected chi connectivity index (χ3v) is 3.85. The van der Waals surface area contributed by atoms with Crippen LogP contribution in [-0.2, 0) is 20.6 Å². The zero-order valence-electron chi connectivity index (χ0n) is 10.1. The molecule has 0 bridgehead atoms. The molecule has 104 valence electrons. The third kappa shape index (κ3) is 5.77. The van der Waals surface area contributed by atoms with Crippen LogP contribution in [0.3, 0.4) is 0 Å². The van der Waals surface area contributed by atoms with Crippen molar-refractivity contribution in [1.82, 2.24) is 4.72 Å². The number of nitrogens with one attached hydrogen (secondary N) is 1. The Bertz CT molecular complexity index is 585. The Kier molecular flexibility index (Phi) is 5.40. The molecule has 0 spiro atoms. The normalized spacial score (nSPS) is 11.2. The lowest BCUT2D eigenvalue weighted by Crippen LogP contribution is -2.29. The number of nitrogens with two attached hydrogens (primary N) is 2. The van der Waals surface area contributed by atoms with Crippen LogP contribution in [0, 0.1) is 0 Å². The molecule has 1 aromatic carbocycles. The molecule has 0 saturated heterocycles. The Labute approximate surface area is 117 Å². The fourth-order valence-corrected chi connectivity index (χ4v) is 2.68. The van der Waals surface area contributed by atoms with Crippen molar-refractivity contribution in [2.45, 2.75) is 12.2 Å². The summed E-state index contributed by atoms with van der Waals surface area (Å²) in [6.07, 6.45) is -0.0356. The van der Waals surface area contributed by atoms with E-state index in [2.05, 4.69) is 4.72 Å². The number of carbonyl (C=O) groups is 1. The maximum atomic E-state index is 11.7. The van der Waals surface area contributed by atoms with Crippen molar-refractivity contribution in [3.8, 4) is 0 Å². The summed E-state index contributed by atoms with van der Waals surface area (Å²) < 4.78 is 25.8. The first-order valence-corrected chi connectivity index (χ1v) is 7.50. The zero-order valence-corrected chi connectivity index (χ0v) is 11.8. The number of amides is 1. The minimum atomic E-state index is -3.51. The Morgan fingerprint density at radius 2 is 2.00 bits per heavy atom. The summed E-state index contributed by atoms with van der Waals surface area (Å²) in [6.45, 7) is -0.00728. The highest BCUT2D eigenvalue weighted by molar-refractivity contribution is 7.88. The molecule has 1 aromatic rings. The largest absolute Gasteiger partial charge is 0.389 e. The molecular formula is C11H15N3O3S2. The van der Waals surface area contributed by atoms with E-state index in [1.54, 1.807) is 24.3 Å². The summed E-state index contributed by atoms with van der Waals surface area (Å²) in [7, 11) is -3.51. The molecule has 0 heterocycles. The van der Waals surface area contributed by atoms with Crippen molar-refractivity contribution >= 4 is 33.1 Å². The summed E-state index contributed by atoms with van der Waals surface area (Å²) in [5.41, 5.74) is 11.6. The number of thiocarbonyl (C=S) groups is 1. The molecule has 1 rings (SSSR count). The van der Waals surface area contributed by atoms with E-state index in [1.165, 1.54) is 0 Å². The van der Waals surface area contributed by atoms with Crippen LogP contribution in [-0.4, -0.2) is 25.9 Å². The van der Waals surface area contributed by atoms with Crippen LogP contribution in [0.5, 0.6) is 0 Å². The quantitative estimate of drug-likeness (QED) is 0.594. The molecule has 0 unspecified atom stereocenters. The molecule has 0 aliphatic carbocycles. The van der Waals surface area contributed by atoms with Gasteiger partial charge in [-0.3, -0.25) is 4.79 Å². The summed E-state index contributed by atoms with van der Waals surface area (Å²) in [4.78, 5) is 10.7. The summed E-state index contributed by atoms with van der Waals surface area (Å²) >= 11 is 4.82. The van der Waals surface area contributed by atoms with Gasteiger partial charge in [-0.15, -0.1) is 0 Å². The van der Waals surface area contributed by atoms with E-state index in [1.807, 2.05) is 0 Å². The lowest BCUT2D eigenvalue weighted by atomic mass is 10.1. The van der Waals surface area contributed by atoms with Crippen LogP contribution >= 0.6 is 12.2 Å². The minimum absolute atomic E-state index is 0.00728. The van der Waals surface area contributed by atoms with Gasteiger partial charge in [-0.05, 0) is 11.6 Å². The molecule has 0 saturated carbocycles. The molecule has 0 aliphatic heterocycles. The SMILES string of the molecule is NC(=O)CCNS(=O)(=O)Cc1cccc(C(N)=S)c1. The average Bonchev–Trinajstić information content (AvgIpc) is 2.27. The van der Waals surface area contributed by atoms with E-state index in [-0.39, 0.29) is 23.7 Å². The molecule has 0 aromatic heterocycles. The van der Waals surface area contributed by atoms with Crippen molar-refractivity contribution in [2.24, 2.45) is 11.5 Å². The summed E-state index contributed by atoms with van der Waals surface area (Å²) in [6, 6.07) is 6.67. The van der Waals surface area contributed by atoms with E-state index in [9.17, 15) is 13.2 Å². The number of hydrogen-bond donors (Lipinski definition) is 3. The van der Waals surface area contributed by atoms with Crippen LogP contribution in [0.15, 0.2) is 24.3 Å². The Balaban J connectivity index is 2.70. The van der Waals surface area contributed by atoms with Gasteiger partial charge >= 0.3 is 0 Å². The lowest BCUT2D eigenvalue weighted by molar-refractivity contribution is -0.117. The predicted octanol–water partition coefficient (Wildman–Crippen LogP) is -0.384. The number of sulfonamides is 1. The van der Waals surface area contributed by atoms with Crippen molar-refractivity contribution in [3.05, 3.63) is 35.4 Å². The van der Waals surface area contributed by atoms with E-state index in [4.69, 9.17) is 23.7 Å². The van der Waals surface area contributed by atoms with Crippen LogP contribution in [0.25, 0.3) is 0 Å². The van der Waals surface area contributed by atoms with Crippen molar-refractivity contribution in [1.29, 1.82) is 0 Å². The van der Waals surface area contributed by atoms with Gasteiger partial charge in [0.2, 0.25) is 15.9 Å².